The summed E-state index contributed by atoms with van der Waals surface area (Å²) < 4.78 is 0. The highest BCUT2D eigenvalue weighted by molar-refractivity contribution is 6.48. The van der Waals surface area contributed by atoms with Crippen LogP contribution in [0.5, 0.6) is 0 Å². The number of hydrogen-bond donors (Lipinski definition) is 0. The molecule has 0 fully saturated rings. The molecule has 0 aromatic heterocycles. The largest absolute Gasteiger partial charge is 0.0622 e. The quantitative estimate of drug-likeness (QED) is 0.204. The van der Waals surface area contributed by atoms with Gasteiger partial charge in [0.15, 0.2) is 0 Å². The molecule has 0 atom stereocenters. The average molecular weight is 555 g/mol. The van der Waals surface area contributed by atoms with Crippen molar-refractivity contribution in [3.8, 4) is 33.4 Å². The second-order valence-corrected chi connectivity index (χ2v) is 11.9. The molecule has 0 N–H and O–H groups in total. The normalized spacial score (nSPS) is 12.1. The molecular weight excluding hydrogens is 528 g/mol. The fourth-order valence-corrected chi connectivity index (χ4v) is 8.05. The topological polar surface area (TPSA) is 0 Å². The van der Waals surface area contributed by atoms with Crippen LogP contribution in [0, 0.1) is 0 Å². The van der Waals surface area contributed by atoms with Crippen LogP contribution in [0.2, 0.25) is 0 Å². The van der Waals surface area contributed by atoms with Crippen LogP contribution in [0.25, 0.3) is 98.0 Å². The lowest BCUT2D eigenvalue weighted by Gasteiger charge is -2.16. The molecule has 10 aromatic carbocycles. The Balaban J connectivity index is 1.50. The molecule has 0 aliphatic heterocycles. The lowest BCUT2D eigenvalue weighted by atomic mass is 9.87. The van der Waals surface area contributed by atoms with Gasteiger partial charge in [-0.05, 0) is 98.0 Å². The van der Waals surface area contributed by atoms with E-state index in [1.165, 1.54) is 98.0 Å². The molecule has 0 bridgehead atoms. The van der Waals surface area contributed by atoms with Crippen LogP contribution in [0.15, 0.2) is 158 Å². The van der Waals surface area contributed by atoms with E-state index in [1.54, 1.807) is 0 Å². The first kappa shape index (κ1) is 23.8. The zero-order chi connectivity index (χ0) is 28.8. The summed E-state index contributed by atoms with van der Waals surface area (Å²) in [6.07, 6.45) is 0. The van der Waals surface area contributed by atoms with Crippen molar-refractivity contribution in [1.29, 1.82) is 0 Å². The Hall–Kier alpha value is -5.72. The highest BCUT2D eigenvalue weighted by Gasteiger charge is 2.26. The van der Waals surface area contributed by atoms with E-state index in [1.807, 2.05) is 0 Å². The molecule has 0 heteroatoms. The van der Waals surface area contributed by atoms with Gasteiger partial charge in [-0.2, -0.15) is 0 Å². The summed E-state index contributed by atoms with van der Waals surface area (Å²) >= 11 is 0. The van der Waals surface area contributed by atoms with Gasteiger partial charge in [-0.15, -0.1) is 0 Å². The molecule has 0 saturated heterocycles. The average Bonchev–Trinajstić information content (AvgIpc) is 3.61. The van der Waals surface area contributed by atoms with E-state index in [2.05, 4.69) is 158 Å². The number of benzene rings is 8. The van der Waals surface area contributed by atoms with E-state index >= 15 is 0 Å². The predicted octanol–water partition coefficient (Wildman–Crippen LogP) is 12.5. The summed E-state index contributed by atoms with van der Waals surface area (Å²) in [6.45, 7) is 0. The Morgan fingerprint density at radius 3 is 1.48 bits per heavy atom. The Kier molecular flexibility index (Phi) is 4.81. The van der Waals surface area contributed by atoms with Gasteiger partial charge in [0.05, 0.1) is 0 Å². The van der Waals surface area contributed by atoms with Crippen LogP contribution in [-0.4, -0.2) is 0 Å². The van der Waals surface area contributed by atoms with Gasteiger partial charge in [0.1, 0.15) is 0 Å². The molecular formula is C44H26. The third-order valence-corrected chi connectivity index (χ3v) is 9.77. The molecule has 0 aliphatic rings. The number of hydrogen-bond acceptors (Lipinski definition) is 0. The maximum Gasteiger partial charge on any atom is -0.000696 e. The Morgan fingerprint density at radius 2 is 0.705 bits per heavy atom. The summed E-state index contributed by atoms with van der Waals surface area (Å²) in [5, 5.41) is 16.2. The molecule has 0 nitrogen and oxygen atoms in total. The predicted molar refractivity (Wildman–Crippen MR) is 190 cm³/mol. The molecule has 202 valence electrons. The van der Waals surface area contributed by atoms with Gasteiger partial charge >= 0.3 is 0 Å². The maximum absolute atomic E-state index is 2.39. The number of rotatable bonds is 3. The summed E-state index contributed by atoms with van der Waals surface area (Å²) in [7, 11) is 0. The molecule has 0 saturated carbocycles. The third kappa shape index (κ3) is 3.07. The molecule has 10 rings (SSSR count). The highest BCUT2D eigenvalue weighted by Crippen LogP contribution is 2.54. The van der Waals surface area contributed by atoms with Gasteiger partial charge in [0.25, 0.3) is 0 Å². The molecule has 0 spiro atoms. The fraction of sp³-hybridized carbons (Fsp3) is 0. The summed E-state index contributed by atoms with van der Waals surface area (Å²) in [6, 6.07) is 58.2. The van der Waals surface area contributed by atoms with E-state index in [0.717, 1.165) is 0 Å². The lowest BCUT2D eigenvalue weighted by Crippen LogP contribution is -1.89. The van der Waals surface area contributed by atoms with Crippen molar-refractivity contribution >= 4 is 64.6 Å². The molecule has 0 heterocycles. The lowest BCUT2D eigenvalue weighted by molar-refractivity contribution is 1.61. The molecule has 0 radical (unpaired) electrons. The summed E-state index contributed by atoms with van der Waals surface area (Å²) in [5.74, 6) is 0. The second kappa shape index (κ2) is 8.89. The van der Waals surface area contributed by atoms with Gasteiger partial charge < -0.3 is 0 Å². The van der Waals surface area contributed by atoms with Gasteiger partial charge in [0, 0.05) is 0 Å². The van der Waals surface area contributed by atoms with Crippen molar-refractivity contribution in [1.82, 2.24) is 0 Å². The van der Waals surface area contributed by atoms with E-state index in [-0.39, 0.29) is 0 Å². The monoisotopic (exact) mass is 554 g/mol. The number of fused-ring (bicyclic) bond motifs is 7. The third-order valence-electron chi connectivity index (χ3n) is 9.77. The molecule has 10 aromatic rings. The first-order valence-corrected chi connectivity index (χ1v) is 15.4. The van der Waals surface area contributed by atoms with Crippen molar-refractivity contribution in [2.24, 2.45) is 0 Å². The zero-order valence-corrected chi connectivity index (χ0v) is 24.0. The summed E-state index contributed by atoms with van der Waals surface area (Å²) in [5.41, 5.74) is 7.65. The minimum absolute atomic E-state index is 1.24. The fourth-order valence-electron chi connectivity index (χ4n) is 8.05. The molecule has 0 amide bonds. The molecule has 44 heavy (non-hydrogen) atoms. The minimum atomic E-state index is 1.24. The van der Waals surface area contributed by atoms with Gasteiger partial charge in [-0.1, -0.05) is 158 Å². The van der Waals surface area contributed by atoms with E-state index < -0.39 is 0 Å². The van der Waals surface area contributed by atoms with Crippen molar-refractivity contribution < 1.29 is 0 Å². The summed E-state index contributed by atoms with van der Waals surface area (Å²) in [4.78, 5) is 0. The van der Waals surface area contributed by atoms with Crippen LogP contribution in [0.4, 0.5) is 0 Å². The highest BCUT2D eigenvalue weighted by atomic mass is 14.3. The minimum Gasteiger partial charge on any atom is -0.0622 e. The molecule has 0 aliphatic carbocycles. The zero-order valence-electron chi connectivity index (χ0n) is 24.0. The van der Waals surface area contributed by atoms with Crippen LogP contribution in [0.1, 0.15) is 0 Å². The van der Waals surface area contributed by atoms with Crippen LogP contribution in [0.3, 0.4) is 0 Å². The standard InChI is InChI=1S/C44H26/c1-3-13-27(14-4-1)29-17-7-9-19-33(29)40-37-24-12-22-34-31-18-8-10-20-35(31)42(41(34)37)44-38-26-25-30(28-15-5-2-6-16-28)32-21-11-23-36(39(32)38)43(40)44/h1-26H. The Bertz CT molecular complexity index is 2680. The second-order valence-electron chi connectivity index (χ2n) is 11.9. The van der Waals surface area contributed by atoms with Crippen molar-refractivity contribution in [3.05, 3.63) is 158 Å². The van der Waals surface area contributed by atoms with Crippen LogP contribution >= 0.6 is 0 Å². The smallest absolute Gasteiger partial charge is 0.000696 e. The maximum atomic E-state index is 2.39. The van der Waals surface area contributed by atoms with E-state index in [0.29, 0.717) is 0 Å². The van der Waals surface area contributed by atoms with Gasteiger partial charge in [-0.3, -0.25) is 0 Å². The van der Waals surface area contributed by atoms with E-state index in [9.17, 15) is 0 Å². The Labute approximate surface area is 255 Å². The van der Waals surface area contributed by atoms with E-state index in [4.69, 9.17) is 0 Å². The first-order chi connectivity index (χ1) is 21.9. The molecule has 0 unspecified atom stereocenters. The van der Waals surface area contributed by atoms with Gasteiger partial charge in [-0.25, -0.2) is 0 Å². The van der Waals surface area contributed by atoms with Crippen molar-refractivity contribution in [3.63, 3.8) is 0 Å². The first-order valence-electron chi connectivity index (χ1n) is 15.4. The van der Waals surface area contributed by atoms with Crippen LogP contribution in [-0.2, 0) is 0 Å². The van der Waals surface area contributed by atoms with Gasteiger partial charge in [0.2, 0.25) is 0 Å². The Morgan fingerprint density at radius 1 is 0.205 bits per heavy atom. The SMILES string of the molecule is c1ccc(-c2ccccc2-c2c3cccc4c5ccccc5c(c34)c3c4ccc(-c5ccccc5)c5cccc(c23)c54)cc1. The van der Waals surface area contributed by atoms with Crippen molar-refractivity contribution in [2.45, 2.75) is 0 Å². The van der Waals surface area contributed by atoms with Crippen molar-refractivity contribution in [2.75, 3.05) is 0 Å². The van der Waals surface area contributed by atoms with Crippen LogP contribution < -0.4 is 0 Å².